The quantitative estimate of drug-likeness (QED) is 0.806. The van der Waals surface area contributed by atoms with Crippen molar-refractivity contribution in [2.24, 2.45) is 0 Å². The van der Waals surface area contributed by atoms with E-state index >= 15 is 0 Å². The number of carbonyl (C=O) groups is 2. The number of nitrogens with zero attached hydrogens (tertiary/aromatic N) is 1. The second-order valence-corrected chi connectivity index (χ2v) is 6.31. The number of urea groups is 1. The molecule has 2 aromatic carbocycles. The Morgan fingerprint density at radius 2 is 1.56 bits per heavy atom. The molecular weight excluding hydrogens is 314 g/mol. The first-order valence-corrected chi connectivity index (χ1v) is 8.66. The van der Waals surface area contributed by atoms with Crippen LogP contribution in [0.2, 0.25) is 0 Å². The minimum Gasteiger partial charge on any atom is -0.372 e. The summed E-state index contributed by atoms with van der Waals surface area (Å²) >= 11 is 0. The van der Waals surface area contributed by atoms with Gasteiger partial charge in [0.25, 0.3) is 0 Å². The standard InChI is InChI=1S/C20H23N3O2/c1-15(24)16-6-5-7-18(14-16)22-20(25)21-17-8-10-19(11-9-17)23-12-3-2-4-13-23/h5-11,14H,2-4,12-13H2,1H3,(H2,21,22,25). The lowest BCUT2D eigenvalue weighted by Gasteiger charge is -2.28. The average Bonchev–Trinajstić information content (AvgIpc) is 2.63. The molecule has 0 spiro atoms. The van der Waals surface area contributed by atoms with E-state index in [1.54, 1.807) is 24.3 Å². The zero-order chi connectivity index (χ0) is 17.6. The highest BCUT2D eigenvalue weighted by atomic mass is 16.2. The zero-order valence-electron chi connectivity index (χ0n) is 14.4. The predicted octanol–water partition coefficient (Wildman–Crippen LogP) is 4.52. The zero-order valence-corrected chi connectivity index (χ0v) is 14.4. The lowest BCUT2D eigenvalue weighted by molar-refractivity contribution is 0.101. The fraction of sp³-hybridized carbons (Fsp3) is 0.300. The number of piperidine rings is 1. The molecule has 1 aliphatic rings. The Balaban J connectivity index is 1.59. The molecule has 0 bridgehead atoms. The molecule has 130 valence electrons. The van der Waals surface area contributed by atoms with Gasteiger partial charge in [0, 0.05) is 35.7 Å². The Hall–Kier alpha value is -2.82. The summed E-state index contributed by atoms with van der Waals surface area (Å²) in [7, 11) is 0. The van der Waals surface area contributed by atoms with E-state index in [4.69, 9.17) is 0 Å². The van der Waals surface area contributed by atoms with Crippen molar-refractivity contribution < 1.29 is 9.59 Å². The van der Waals surface area contributed by atoms with E-state index in [1.807, 2.05) is 24.3 Å². The SMILES string of the molecule is CC(=O)c1cccc(NC(=O)Nc2ccc(N3CCCCC3)cc2)c1. The molecular formula is C20H23N3O2. The van der Waals surface area contributed by atoms with Crippen molar-refractivity contribution >= 4 is 28.9 Å². The Bertz CT molecular complexity index is 750. The van der Waals surface area contributed by atoms with Crippen LogP contribution in [0.5, 0.6) is 0 Å². The van der Waals surface area contributed by atoms with E-state index in [9.17, 15) is 9.59 Å². The molecule has 2 N–H and O–H groups in total. The summed E-state index contributed by atoms with van der Waals surface area (Å²) in [6.07, 6.45) is 3.78. The van der Waals surface area contributed by atoms with Gasteiger partial charge in [0.2, 0.25) is 0 Å². The highest BCUT2D eigenvalue weighted by Gasteiger charge is 2.11. The highest BCUT2D eigenvalue weighted by Crippen LogP contribution is 2.22. The lowest BCUT2D eigenvalue weighted by Crippen LogP contribution is -2.29. The van der Waals surface area contributed by atoms with Crippen LogP contribution in [0.1, 0.15) is 36.5 Å². The van der Waals surface area contributed by atoms with E-state index in [1.165, 1.54) is 31.9 Å². The van der Waals surface area contributed by atoms with Gasteiger partial charge in [0.1, 0.15) is 0 Å². The van der Waals surface area contributed by atoms with Gasteiger partial charge >= 0.3 is 6.03 Å². The molecule has 3 rings (SSSR count). The van der Waals surface area contributed by atoms with Gasteiger partial charge in [0.15, 0.2) is 5.78 Å². The first kappa shape index (κ1) is 17.0. The van der Waals surface area contributed by atoms with Gasteiger partial charge in [-0.1, -0.05) is 12.1 Å². The number of anilines is 3. The van der Waals surface area contributed by atoms with Crippen LogP contribution in [0.15, 0.2) is 48.5 Å². The molecule has 1 aliphatic heterocycles. The monoisotopic (exact) mass is 337 g/mol. The van der Waals surface area contributed by atoms with Crippen molar-refractivity contribution in [3.8, 4) is 0 Å². The van der Waals surface area contributed by atoms with Crippen molar-refractivity contribution in [3.63, 3.8) is 0 Å². The summed E-state index contributed by atoms with van der Waals surface area (Å²) in [6, 6.07) is 14.5. The molecule has 1 saturated heterocycles. The number of carbonyl (C=O) groups excluding carboxylic acids is 2. The lowest BCUT2D eigenvalue weighted by atomic mass is 10.1. The number of rotatable bonds is 4. The molecule has 5 nitrogen and oxygen atoms in total. The molecule has 0 radical (unpaired) electrons. The number of hydrogen-bond acceptors (Lipinski definition) is 3. The molecule has 25 heavy (non-hydrogen) atoms. The van der Waals surface area contributed by atoms with Crippen molar-refractivity contribution in [3.05, 3.63) is 54.1 Å². The van der Waals surface area contributed by atoms with E-state index in [0.29, 0.717) is 11.3 Å². The maximum Gasteiger partial charge on any atom is 0.323 e. The van der Waals surface area contributed by atoms with Crippen LogP contribution in [0, 0.1) is 0 Å². The van der Waals surface area contributed by atoms with Crippen molar-refractivity contribution in [2.45, 2.75) is 26.2 Å². The largest absolute Gasteiger partial charge is 0.372 e. The van der Waals surface area contributed by atoms with Crippen LogP contribution in [0.25, 0.3) is 0 Å². The van der Waals surface area contributed by atoms with Crippen molar-refractivity contribution in [1.82, 2.24) is 0 Å². The predicted molar refractivity (Wildman–Crippen MR) is 102 cm³/mol. The smallest absolute Gasteiger partial charge is 0.323 e. The second-order valence-electron chi connectivity index (χ2n) is 6.31. The maximum absolute atomic E-state index is 12.1. The topological polar surface area (TPSA) is 61.4 Å². The van der Waals surface area contributed by atoms with Crippen LogP contribution in [0.4, 0.5) is 21.9 Å². The molecule has 0 saturated carbocycles. The Kier molecular flexibility index (Phi) is 5.33. The average molecular weight is 337 g/mol. The third-order valence-electron chi connectivity index (χ3n) is 4.37. The van der Waals surface area contributed by atoms with Gasteiger partial charge in [-0.05, 0) is 62.6 Å². The molecule has 5 heteroatoms. The molecule has 1 heterocycles. The first-order chi connectivity index (χ1) is 12.1. The van der Waals surface area contributed by atoms with E-state index in [2.05, 4.69) is 15.5 Å². The summed E-state index contributed by atoms with van der Waals surface area (Å²) in [4.78, 5) is 25.9. The van der Waals surface area contributed by atoms with Gasteiger partial charge in [-0.3, -0.25) is 4.79 Å². The maximum atomic E-state index is 12.1. The molecule has 0 aliphatic carbocycles. The fourth-order valence-electron chi connectivity index (χ4n) is 3.02. The summed E-state index contributed by atoms with van der Waals surface area (Å²) in [5, 5.41) is 5.57. The third kappa shape index (κ3) is 4.59. The Morgan fingerprint density at radius 3 is 2.24 bits per heavy atom. The van der Waals surface area contributed by atoms with Gasteiger partial charge in [-0.25, -0.2) is 4.79 Å². The number of ketones is 1. The van der Waals surface area contributed by atoms with E-state index in [0.717, 1.165) is 18.8 Å². The summed E-state index contributed by atoms with van der Waals surface area (Å²) in [5.74, 6) is -0.0302. The summed E-state index contributed by atoms with van der Waals surface area (Å²) in [5.41, 5.74) is 3.10. The van der Waals surface area contributed by atoms with Crippen LogP contribution < -0.4 is 15.5 Å². The fourth-order valence-corrected chi connectivity index (χ4v) is 3.02. The van der Waals surface area contributed by atoms with Crippen molar-refractivity contribution in [2.75, 3.05) is 28.6 Å². The van der Waals surface area contributed by atoms with Crippen LogP contribution in [-0.2, 0) is 0 Å². The van der Waals surface area contributed by atoms with Gasteiger partial charge in [-0.2, -0.15) is 0 Å². The minimum atomic E-state index is -0.327. The molecule has 0 unspecified atom stereocenters. The normalized spacial score (nSPS) is 14.0. The Morgan fingerprint density at radius 1 is 0.880 bits per heavy atom. The van der Waals surface area contributed by atoms with Gasteiger partial charge in [0.05, 0.1) is 0 Å². The Labute approximate surface area is 148 Å². The molecule has 0 atom stereocenters. The van der Waals surface area contributed by atoms with Crippen LogP contribution in [0.3, 0.4) is 0 Å². The third-order valence-corrected chi connectivity index (χ3v) is 4.37. The second kappa shape index (κ2) is 7.83. The first-order valence-electron chi connectivity index (χ1n) is 8.66. The number of amides is 2. The van der Waals surface area contributed by atoms with E-state index < -0.39 is 0 Å². The molecule has 1 fully saturated rings. The number of hydrogen-bond donors (Lipinski definition) is 2. The number of nitrogens with one attached hydrogen (secondary N) is 2. The molecule has 0 aromatic heterocycles. The molecule has 2 amide bonds. The van der Waals surface area contributed by atoms with Gasteiger partial charge in [-0.15, -0.1) is 0 Å². The van der Waals surface area contributed by atoms with Gasteiger partial charge < -0.3 is 15.5 Å². The van der Waals surface area contributed by atoms with Crippen molar-refractivity contribution in [1.29, 1.82) is 0 Å². The highest BCUT2D eigenvalue weighted by molar-refractivity contribution is 6.01. The minimum absolute atomic E-state index is 0.0302. The molecule has 2 aromatic rings. The van der Waals surface area contributed by atoms with Crippen LogP contribution in [-0.4, -0.2) is 24.9 Å². The van der Waals surface area contributed by atoms with Crippen LogP contribution >= 0.6 is 0 Å². The summed E-state index contributed by atoms with van der Waals surface area (Å²) in [6.45, 7) is 3.70. The number of Topliss-reactive ketones (excluding diaryl/α,β-unsaturated/α-hetero) is 1. The number of benzene rings is 2. The summed E-state index contributed by atoms with van der Waals surface area (Å²) < 4.78 is 0. The van der Waals surface area contributed by atoms with E-state index in [-0.39, 0.29) is 11.8 Å².